The maximum Gasteiger partial charge on any atom is 0.470 e. The molecule has 2 amide bonds. The maximum atomic E-state index is 14.1. The van der Waals surface area contributed by atoms with Gasteiger partial charge in [0.2, 0.25) is 11.8 Å². The second kappa shape index (κ2) is 54.4. The minimum Gasteiger partial charge on any atom is -0.462 e. The fourth-order valence-corrected chi connectivity index (χ4v) is 12.8. The van der Waals surface area contributed by atoms with E-state index in [2.05, 4.69) is 31.4 Å². The lowest BCUT2D eigenvalue weighted by Crippen LogP contribution is -2.67. The molecule has 2 aliphatic rings. The molecule has 0 aromatic heterocycles. The molecule has 0 radical (unpaired) electrons. The zero-order valence-corrected chi connectivity index (χ0v) is 56.9. The zero-order chi connectivity index (χ0) is 65.2. The van der Waals surface area contributed by atoms with Gasteiger partial charge < -0.3 is 75.4 Å². The van der Waals surface area contributed by atoms with Gasteiger partial charge in [-0.15, -0.1) is 0 Å². The Kier molecular flexibility index (Phi) is 50.8. The predicted molar refractivity (Wildman–Crippen MR) is 349 cm³/mol. The van der Waals surface area contributed by atoms with Crippen LogP contribution in [0.15, 0.2) is 0 Å². The number of carbonyl (C=O) groups is 3. The number of ether oxygens (including phenoxy) is 5. The summed E-state index contributed by atoms with van der Waals surface area (Å²) in [6, 6.07) is -2.87. The third kappa shape index (κ3) is 41.5. The van der Waals surface area contributed by atoms with Crippen molar-refractivity contribution in [1.29, 1.82) is 0 Å². The lowest BCUT2D eigenvalue weighted by Gasteiger charge is -2.45. The highest BCUT2D eigenvalue weighted by atomic mass is 31.2. The summed E-state index contributed by atoms with van der Waals surface area (Å²) in [5.74, 6) is -1.68. The first-order chi connectivity index (χ1) is 43.1. The topological polar surface area (TPSA) is 315 Å². The van der Waals surface area contributed by atoms with E-state index in [0.717, 1.165) is 109 Å². The lowest BCUT2D eigenvalue weighted by molar-refractivity contribution is -0.302. The van der Waals surface area contributed by atoms with Crippen LogP contribution in [0.5, 0.6) is 0 Å². The average molecular weight is 1290 g/mol. The molecule has 2 heterocycles. The van der Waals surface area contributed by atoms with Gasteiger partial charge in [-0.25, -0.2) is 4.57 Å². The molecule has 20 nitrogen and oxygen atoms in total. The lowest BCUT2D eigenvalue weighted by atomic mass is 9.95. The second-order valence-electron chi connectivity index (χ2n) is 25.9. The molecule has 2 fully saturated rings. The monoisotopic (exact) mass is 1290 g/mol. The van der Waals surface area contributed by atoms with Gasteiger partial charge in [0.1, 0.15) is 54.8 Å². The molecular weight excluding hydrogens is 1160 g/mol. The molecule has 526 valence electrons. The molecule has 0 spiro atoms. The number of nitrogens with one attached hydrogen (secondary N) is 2. The predicted octanol–water partition coefficient (Wildman–Crippen LogP) is 12.2. The van der Waals surface area contributed by atoms with Gasteiger partial charge >= 0.3 is 13.8 Å². The zero-order valence-electron chi connectivity index (χ0n) is 56.0. The van der Waals surface area contributed by atoms with Crippen molar-refractivity contribution in [3.8, 4) is 0 Å². The number of carbonyl (C=O) groups excluding carboxylic acids is 3. The van der Waals surface area contributed by atoms with Gasteiger partial charge in [-0.3, -0.25) is 18.9 Å². The normalized spacial score (nSPS) is 22.9. The van der Waals surface area contributed by atoms with E-state index in [1.54, 1.807) is 0 Å². The second-order valence-corrected chi connectivity index (χ2v) is 27.1. The molecule has 0 unspecified atom stereocenters. The number of phosphoric acid groups is 1. The average Bonchev–Trinajstić information content (AvgIpc) is 1.83. The first-order valence-corrected chi connectivity index (χ1v) is 37.7. The number of nitrogens with two attached hydrogens (primary N) is 1. The van der Waals surface area contributed by atoms with Crippen LogP contribution in [0.2, 0.25) is 0 Å². The molecule has 2 rings (SSSR count). The maximum absolute atomic E-state index is 14.1. The van der Waals surface area contributed by atoms with Crippen LogP contribution in [0.4, 0.5) is 0 Å². The molecule has 0 bridgehead atoms. The number of aliphatic hydroxyl groups excluding tert-OH is 5. The Balaban J connectivity index is 2.22. The Labute approximate surface area is 538 Å². The molecular formula is C68H132N3O17P. The van der Waals surface area contributed by atoms with E-state index >= 15 is 0 Å². The molecule has 11 N–H and O–H groups in total. The van der Waals surface area contributed by atoms with Crippen LogP contribution in [0.3, 0.4) is 0 Å². The minimum absolute atomic E-state index is 0.194. The highest BCUT2D eigenvalue weighted by Crippen LogP contribution is 2.42. The van der Waals surface area contributed by atoms with Crippen molar-refractivity contribution >= 4 is 25.6 Å². The molecule has 12 atom stereocenters. The third-order valence-corrected chi connectivity index (χ3v) is 18.2. The van der Waals surface area contributed by atoms with Crippen LogP contribution in [-0.4, -0.2) is 153 Å². The molecule has 0 aliphatic carbocycles. The number of hydrogen-bond acceptors (Lipinski definition) is 16. The number of phosphoric ester groups is 1. The number of hydrogen-bond donors (Lipinski definition) is 10. The van der Waals surface area contributed by atoms with Crippen LogP contribution in [0, 0.1) is 0 Å². The number of aliphatic hydroxyl groups is 5. The Hall–Kier alpha value is -1.88. The third-order valence-electron chi connectivity index (χ3n) is 17.7. The van der Waals surface area contributed by atoms with Crippen molar-refractivity contribution < 1.29 is 82.5 Å². The molecule has 0 aromatic rings. The van der Waals surface area contributed by atoms with E-state index in [0.29, 0.717) is 32.1 Å². The molecule has 2 saturated heterocycles. The van der Waals surface area contributed by atoms with Gasteiger partial charge in [0, 0.05) is 13.0 Å². The summed E-state index contributed by atoms with van der Waals surface area (Å²) < 4.78 is 47.8. The van der Waals surface area contributed by atoms with E-state index in [1.165, 1.54) is 141 Å². The van der Waals surface area contributed by atoms with E-state index in [9.17, 15) is 54.3 Å². The van der Waals surface area contributed by atoms with Crippen LogP contribution >= 0.6 is 7.82 Å². The SMILES string of the molecule is CCCCCCCCCCCC(=O)O[C@H](CCCCCCCCCCC)CC(=O)N[C@H]1[C@H](OC[C@H]2O[C@H](OCCCCCCCCCCCCCCCCN)[C@H](NC(=O)C[C@H](O)CCCCCCCCCCC)[C@@H](O)[C@@H]2O)O[C@H](CO)[C@@H](OP(=O)(O)O)[C@@H]1O. The molecule has 0 saturated carbocycles. The van der Waals surface area contributed by atoms with Crippen molar-refractivity contribution in [3.63, 3.8) is 0 Å². The first-order valence-electron chi connectivity index (χ1n) is 36.2. The summed E-state index contributed by atoms with van der Waals surface area (Å²) in [5, 5.41) is 61.9. The van der Waals surface area contributed by atoms with E-state index in [1.807, 2.05) is 0 Å². The van der Waals surface area contributed by atoms with Crippen LogP contribution < -0.4 is 16.4 Å². The smallest absolute Gasteiger partial charge is 0.462 e. The quantitative estimate of drug-likeness (QED) is 0.0154. The highest BCUT2D eigenvalue weighted by Gasteiger charge is 2.51. The van der Waals surface area contributed by atoms with E-state index in [4.69, 9.17) is 33.9 Å². The van der Waals surface area contributed by atoms with Gasteiger partial charge in [0.05, 0.1) is 32.2 Å². The fourth-order valence-electron chi connectivity index (χ4n) is 12.2. The molecule has 21 heteroatoms. The van der Waals surface area contributed by atoms with Crippen LogP contribution in [0.25, 0.3) is 0 Å². The Morgan fingerprint density at radius 2 is 0.888 bits per heavy atom. The van der Waals surface area contributed by atoms with Gasteiger partial charge in [0.25, 0.3) is 0 Å². The summed E-state index contributed by atoms with van der Waals surface area (Å²) in [6.07, 6.45) is 30.7. The molecule has 89 heavy (non-hydrogen) atoms. The van der Waals surface area contributed by atoms with Gasteiger partial charge in [0.15, 0.2) is 12.6 Å². The van der Waals surface area contributed by atoms with E-state index < -0.39 is 112 Å². The van der Waals surface area contributed by atoms with Crippen molar-refractivity contribution in [3.05, 3.63) is 0 Å². The summed E-state index contributed by atoms with van der Waals surface area (Å²) in [7, 11) is -5.32. The molecule has 0 aromatic carbocycles. The standard InChI is InChI=1S/C68H132N3O17P/c1-4-7-10-13-16-25-30-35-40-45-54(73)50-58(74)70-61-64(78)63(77)57(87-67(61)83-49-44-39-34-29-24-22-20-19-21-23-28-33-38-43-48-69)53-84-68-62(65(79)66(56(52-72)86-68)88-89(80,81)82)71-59(75)51-55(46-41-36-31-26-17-14-11-8-5-2)85-60(76)47-42-37-32-27-18-15-12-9-6-3/h54-57,61-68,72-73,77-79H,4-53,69H2,1-3H3,(H,70,74)(H,71,75)(H2,80,81,82)/t54-,55-,56-,57-,61-,62-,63-,64-,65-,66-,67+,68-/m1/s1. The minimum atomic E-state index is -5.32. The summed E-state index contributed by atoms with van der Waals surface area (Å²) in [5.41, 5.74) is 5.61. The first kappa shape index (κ1) is 83.2. The summed E-state index contributed by atoms with van der Waals surface area (Å²) in [4.78, 5) is 60.7. The number of rotatable bonds is 60. The van der Waals surface area contributed by atoms with Crippen LogP contribution in [-0.2, 0) is 47.2 Å². The Bertz CT molecular complexity index is 1760. The van der Waals surface area contributed by atoms with Crippen LogP contribution in [0.1, 0.15) is 316 Å². The summed E-state index contributed by atoms with van der Waals surface area (Å²) >= 11 is 0. The molecule has 2 aliphatic heterocycles. The van der Waals surface area contributed by atoms with Crippen molar-refractivity contribution in [1.82, 2.24) is 10.6 Å². The van der Waals surface area contributed by atoms with E-state index in [-0.39, 0.29) is 25.9 Å². The van der Waals surface area contributed by atoms with Gasteiger partial charge in [-0.1, -0.05) is 258 Å². The largest absolute Gasteiger partial charge is 0.470 e. The number of esters is 1. The van der Waals surface area contributed by atoms with Crippen molar-refractivity contribution in [2.24, 2.45) is 5.73 Å². The van der Waals surface area contributed by atoms with Crippen molar-refractivity contribution in [2.45, 2.75) is 390 Å². The summed E-state index contributed by atoms with van der Waals surface area (Å²) in [6.45, 7) is 6.06. The van der Waals surface area contributed by atoms with Gasteiger partial charge in [-0.2, -0.15) is 0 Å². The Morgan fingerprint density at radius 1 is 0.494 bits per heavy atom. The number of amides is 2. The number of unbranched alkanes of at least 4 members (excludes halogenated alkanes) is 37. The fraction of sp³-hybridized carbons (Fsp3) is 0.956. The Morgan fingerprint density at radius 3 is 1.35 bits per heavy atom. The van der Waals surface area contributed by atoms with Crippen molar-refractivity contribution in [2.75, 3.05) is 26.4 Å². The van der Waals surface area contributed by atoms with Gasteiger partial charge in [-0.05, 0) is 45.1 Å². The highest BCUT2D eigenvalue weighted by molar-refractivity contribution is 7.46.